The fourth-order valence-electron chi connectivity index (χ4n) is 2.35. The molecule has 0 aromatic heterocycles. The van der Waals surface area contributed by atoms with Crippen molar-refractivity contribution in [2.75, 3.05) is 11.9 Å². The van der Waals surface area contributed by atoms with Crippen molar-refractivity contribution in [1.29, 1.82) is 0 Å². The molecule has 2 rings (SSSR count). The maximum atomic E-state index is 12.4. The highest BCUT2D eigenvalue weighted by molar-refractivity contribution is 6.03. The highest BCUT2D eigenvalue weighted by Crippen LogP contribution is 2.11. The lowest BCUT2D eigenvalue weighted by Crippen LogP contribution is -2.33. The van der Waals surface area contributed by atoms with Crippen molar-refractivity contribution < 1.29 is 9.59 Å². The van der Waals surface area contributed by atoms with Crippen LogP contribution in [0.3, 0.4) is 0 Å². The Morgan fingerprint density at radius 1 is 1.00 bits per heavy atom. The lowest BCUT2D eigenvalue weighted by atomic mass is 10.1. The highest BCUT2D eigenvalue weighted by atomic mass is 16.2. The minimum absolute atomic E-state index is 0.171. The predicted molar refractivity (Wildman–Crippen MR) is 99.9 cm³/mol. The Morgan fingerprint density at radius 2 is 1.56 bits per heavy atom. The zero-order chi connectivity index (χ0) is 18.2. The smallest absolute Gasteiger partial charge is 0.233 e. The summed E-state index contributed by atoms with van der Waals surface area (Å²) in [5, 5.41) is 2.73. The quantitative estimate of drug-likeness (QED) is 0.651. The van der Waals surface area contributed by atoms with E-state index in [1.807, 2.05) is 62.4 Å². The summed E-state index contributed by atoms with van der Waals surface area (Å²) in [6, 6.07) is 15.3. The summed E-state index contributed by atoms with van der Waals surface area (Å²) in [5.41, 5.74) is 3.90. The number of carbonyl (C=O) groups is 2. The number of terminal acetylenes is 1. The number of hydrogen-bond acceptors (Lipinski definition) is 2. The second-order valence-corrected chi connectivity index (χ2v) is 6.03. The minimum atomic E-state index is -0.347. The molecule has 0 heterocycles. The Morgan fingerprint density at radius 3 is 2.12 bits per heavy atom. The molecule has 1 N–H and O–H groups in total. The molecular weight excluding hydrogens is 312 g/mol. The molecule has 2 amide bonds. The van der Waals surface area contributed by atoms with E-state index in [1.54, 1.807) is 0 Å². The van der Waals surface area contributed by atoms with Gasteiger partial charge in [0.25, 0.3) is 0 Å². The molecule has 0 saturated heterocycles. The summed E-state index contributed by atoms with van der Waals surface area (Å²) in [7, 11) is 0. The summed E-state index contributed by atoms with van der Waals surface area (Å²) >= 11 is 0. The van der Waals surface area contributed by atoms with Gasteiger partial charge in [-0.15, -0.1) is 6.42 Å². The monoisotopic (exact) mass is 334 g/mol. The average Bonchev–Trinajstić information content (AvgIpc) is 2.58. The first kappa shape index (κ1) is 18.3. The molecule has 2 aromatic carbocycles. The normalized spacial score (nSPS) is 9.96. The number of nitrogens with zero attached hydrogens (tertiary/aromatic N) is 1. The van der Waals surface area contributed by atoms with Crippen LogP contribution in [0.4, 0.5) is 5.69 Å². The first-order valence-corrected chi connectivity index (χ1v) is 8.11. The van der Waals surface area contributed by atoms with Gasteiger partial charge in [-0.2, -0.15) is 0 Å². The van der Waals surface area contributed by atoms with Gasteiger partial charge in [0.05, 0.1) is 6.54 Å². The summed E-state index contributed by atoms with van der Waals surface area (Å²) in [6.07, 6.45) is 5.13. The molecule has 25 heavy (non-hydrogen) atoms. The van der Waals surface area contributed by atoms with Crippen LogP contribution in [0.1, 0.15) is 23.1 Å². The van der Waals surface area contributed by atoms with Crippen molar-refractivity contribution in [3.05, 3.63) is 65.2 Å². The van der Waals surface area contributed by atoms with Gasteiger partial charge in [-0.05, 0) is 31.5 Å². The van der Waals surface area contributed by atoms with Crippen molar-refractivity contribution in [1.82, 2.24) is 4.90 Å². The van der Waals surface area contributed by atoms with Crippen molar-refractivity contribution in [3.8, 4) is 12.3 Å². The summed E-state index contributed by atoms with van der Waals surface area (Å²) < 4.78 is 0. The number of benzene rings is 2. The van der Waals surface area contributed by atoms with E-state index in [4.69, 9.17) is 6.42 Å². The molecule has 0 aliphatic carbocycles. The van der Waals surface area contributed by atoms with Gasteiger partial charge in [-0.25, -0.2) is 0 Å². The van der Waals surface area contributed by atoms with Crippen LogP contribution in [-0.4, -0.2) is 23.3 Å². The fraction of sp³-hybridized carbons (Fsp3) is 0.238. The number of hydrogen-bond donors (Lipinski definition) is 1. The number of rotatable bonds is 6. The first-order valence-electron chi connectivity index (χ1n) is 8.11. The molecule has 4 nitrogen and oxygen atoms in total. The van der Waals surface area contributed by atoms with Gasteiger partial charge >= 0.3 is 0 Å². The largest absolute Gasteiger partial charge is 0.327 e. The molecule has 0 unspecified atom stereocenters. The van der Waals surface area contributed by atoms with Crippen LogP contribution in [0, 0.1) is 26.2 Å². The Bertz CT molecular complexity index is 771. The molecule has 0 aliphatic heterocycles. The number of anilines is 1. The van der Waals surface area contributed by atoms with E-state index in [1.165, 1.54) is 4.90 Å². The highest BCUT2D eigenvalue weighted by Gasteiger charge is 2.17. The molecule has 4 heteroatoms. The van der Waals surface area contributed by atoms with Gasteiger partial charge in [-0.3, -0.25) is 9.59 Å². The van der Waals surface area contributed by atoms with E-state index in [-0.39, 0.29) is 24.8 Å². The second kappa shape index (κ2) is 8.70. The third-order valence-electron chi connectivity index (χ3n) is 3.78. The van der Waals surface area contributed by atoms with Gasteiger partial charge in [0.1, 0.15) is 6.42 Å². The van der Waals surface area contributed by atoms with E-state index in [0.717, 1.165) is 16.7 Å². The van der Waals surface area contributed by atoms with E-state index in [9.17, 15) is 9.59 Å². The maximum absolute atomic E-state index is 12.4. The molecular formula is C21H22N2O2. The zero-order valence-corrected chi connectivity index (χ0v) is 14.6. The molecule has 0 aliphatic rings. The Kier molecular flexibility index (Phi) is 6.36. The van der Waals surface area contributed by atoms with Gasteiger partial charge in [-0.1, -0.05) is 53.4 Å². The lowest BCUT2D eigenvalue weighted by molar-refractivity contribution is -0.134. The van der Waals surface area contributed by atoms with Gasteiger partial charge < -0.3 is 10.2 Å². The zero-order valence-electron chi connectivity index (χ0n) is 14.6. The number of aryl methyl sites for hydroxylation is 2. The van der Waals surface area contributed by atoms with Gasteiger partial charge in [0, 0.05) is 12.2 Å². The van der Waals surface area contributed by atoms with Crippen molar-refractivity contribution >= 4 is 17.5 Å². The number of carbonyl (C=O) groups excluding carboxylic acids is 2. The van der Waals surface area contributed by atoms with Crippen LogP contribution in [0.5, 0.6) is 0 Å². The Balaban J connectivity index is 1.96. The molecule has 0 radical (unpaired) electrons. The van der Waals surface area contributed by atoms with Crippen LogP contribution in [-0.2, 0) is 16.1 Å². The third kappa shape index (κ3) is 5.82. The van der Waals surface area contributed by atoms with Crippen LogP contribution < -0.4 is 5.32 Å². The van der Waals surface area contributed by atoms with Crippen LogP contribution >= 0.6 is 0 Å². The molecule has 0 atom stereocenters. The van der Waals surface area contributed by atoms with Crippen LogP contribution in [0.25, 0.3) is 0 Å². The summed E-state index contributed by atoms with van der Waals surface area (Å²) in [6.45, 7) is 4.53. The molecule has 2 aromatic rings. The number of amides is 2. The molecule has 0 bridgehead atoms. The maximum Gasteiger partial charge on any atom is 0.233 e. The summed E-state index contributed by atoms with van der Waals surface area (Å²) in [5.74, 6) is 1.85. The average molecular weight is 334 g/mol. The third-order valence-corrected chi connectivity index (χ3v) is 3.78. The van der Waals surface area contributed by atoms with E-state index < -0.39 is 0 Å². The Hall–Kier alpha value is -3.06. The van der Waals surface area contributed by atoms with E-state index in [2.05, 4.69) is 11.2 Å². The van der Waals surface area contributed by atoms with Crippen molar-refractivity contribution in [2.45, 2.75) is 26.8 Å². The molecule has 0 spiro atoms. The predicted octanol–water partition coefficient (Wildman–Crippen LogP) is 3.29. The standard InChI is InChI=1S/C21H22N2O2/c1-4-13-23(15-18-9-5-16(2)6-10-18)21(25)14-20(24)22-19-11-7-17(3)8-12-19/h1,5-12H,13-15H2,2-3H3,(H,22,24). The molecule has 0 fully saturated rings. The van der Waals surface area contributed by atoms with Crippen molar-refractivity contribution in [2.24, 2.45) is 0 Å². The summed E-state index contributed by atoms with van der Waals surface area (Å²) in [4.78, 5) is 26.0. The number of nitrogens with one attached hydrogen (secondary N) is 1. The topological polar surface area (TPSA) is 49.4 Å². The molecule has 0 saturated carbocycles. The molecule has 128 valence electrons. The van der Waals surface area contributed by atoms with Gasteiger partial charge in [0.15, 0.2) is 0 Å². The van der Waals surface area contributed by atoms with E-state index >= 15 is 0 Å². The fourth-order valence-corrected chi connectivity index (χ4v) is 2.35. The van der Waals surface area contributed by atoms with Crippen molar-refractivity contribution in [3.63, 3.8) is 0 Å². The van der Waals surface area contributed by atoms with Crippen LogP contribution in [0.15, 0.2) is 48.5 Å². The minimum Gasteiger partial charge on any atom is -0.327 e. The SMILES string of the molecule is C#CCN(Cc1ccc(C)cc1)C(=O)CC(=O)Nc1ccc(C)cc1. The lowest BCUT2D eigenvalue weighted by Gasteiger charge is -2.20. The Labute approximate surface area is 148 Å². The first-order chi connectivity index (χ1) is 12.0. The van der Waals surface area contributed by atoms with Crippen LogP contribution in [0.2, 0.25) is 0 Å². The second-order valence-electron chi connectivity index (χ2n) is 6.03. The van der Waals surface area contributed by atoms with E-state index in [0.29, 0.717) is 12.2 Å². The van der Waals surface area contributed by atoms with Gasteiger partial charge in [0.2, 0.25) is 11.8 Å².